The summed E-state index contributed by atoms with van der Waals surface area (Å²) in [4.78, 5) is 32.6. The van der Waals surface area contributed by atoms with Crippen LogP contribution in [0.1, 0.15) is 6.92 Å². The van der Waals surface area contributed by atoms with E-state index in [9.17, 15) is 29.7 Å². The summed E-state index contributed by atoms with van der Waals surface area (Å²) in [5.74, 6) is -4.09. The van der Waals surface area contributed by atoms with E-state index < -0.39 is 35.4 Å². The third kappa shape index (κ3) is 5.00. The average molecular weight is 350 g/mol. The van der Waals surface area contributed by atoms with Gasteiger partial charge in [0.1, 0.15) is 6.61 Å². The maximum atomic E-state index is 11.1. The highest BCUT2D eigenvalue weighted by atomic mass is 32.2. The molecule has 1 rings (SSSR count). The first-order valence-electron chi connectivity index (χ1n) is 6.06. The quantitative estimate of drug-likeness (QED) is 0.388. The van der Waals surface area contributed by atoms with E-state index in [1.165, 1.54) is 6.92 Å². The summed E-state index contributed by atoms with van der Waals surface area (Å²) in [5, 5.41) is 33.2. The van der Waals surface area contributed by atoms with Crippen LogP contribution in [0.2, 0.25) is 0 Å². The maximum Gasteiger partial charge on any atom is 0.404 e. The minimum Gasteiger partial charge on any atom is -0.550 e. The number of rotatable bonds is 8. The van der Waals surface area contributed by atoms with Crippen molar-refractivity contribution in [1.29, 1.82) is 0 Å². The molecule has 0 fully saturated rings. The van der Waals surface area contributed by atoms with Crippen LogP contribution in [0, 0.1) is 5.92 Å². The summed E-state index contributed by atoms with van der Waals surface area (Å²) in [5.41, 5.74) is 4.51. The van der Waals surface area contributed by atoms with Gasteiger partial charge in [-0.3, -0.25) is 0 Å². The zero-order valence-electron chi connectivity index (χ0n) is 11.4. The van der Waals surface area contributed by atoms with Crippen molar-refractivity contribution in [1.82, 2.24) is 5.32 Å². The molecule has 0 radical (unpaired) electrons. The molecule has 0 aromatic carbocycles. The molecule has 0 aromatic rings. The number of amides is 1. The minimum atomic E-state index is -1.50. The lowest BCUT2D eigenvalue weighted by molar-refractivity contribution is -0.314. The number of thioether (sulfide) groups is 2. The third-order valence-electron chi connectivity index (χ3n) is 2.61. The Morgan fingerprint density at radius 1 is 1.50 bits per heavy atom. The Hall–Kier alpha value is -1.59. The van der Waals surface area contributed by atoms with Crippen LogP contribution >= 0.6 is 23.5 Å². The van der Waals surface area contributed by atoms with Crippen molar-refractivity contribution >= 4 is 41.6 Å². The maximum absolute atomic E-state index is 11.1. The summed E-state index contributed by atoms with van der Waals surface area (Å²) >= 11 is 1.97. The van der Waals surface area contributed by atoms with Crippen LogP contribution in [0.25, 0.3) is 0 Å². The Bertz CT molecular complexity index is 495. The predicted octanol–water partition coefficient (Wildman–Crippen LogP) is -2.86. The van der Waals surface area contributed by atoms with Gasteiger partial charge in [0.2, 0.25) is 0 Å². The van der Waals surface area contributed by atoms with Gasteiger partial charge in [0.15, 0.2) is 0 Å². The molecule has 3 atom stereocenters. The fraction of sp³-hybridized carbons (Fsp3) is 0.545. The smallest absolute Gasteiger partial charge is 0.404 e. The first kappa shape index (κ1) is 18.5. The summed E-state index contributed by atoms with van der Waals surface area (Å²) in [6.45, 7) is 1.24. The molecule has 0 saturated carbocycles. The van der Waals surface area contributed by atoms with Gasteiger partial charge in [0.05, 0.1) is 39.3 Å². The topological polar surface area (TPSA) is 165 Å². The van der Waals surface area contributed by atoms with Crippen LogP contribution in [-0.4, -0.2) is 47.0 Å². The van der Waals surface area contributed by atoms with Gasteiger partial charge >= 0.3 is 6.09 Å². The molecule has 22 heavy (non-hydrogen) atoms. The SMILES string of the molecule is C[C@@H](O)[C@@H](C(=O)[O-])[C@@H]1NC(C(=O)[O-])=C(SCCOC(N)=O)S1. The number of primary amides is 1. The van der Waals surface area contributed by atoms with E-state index in [-0.39, 0.29) is 22.3 Å². The van der Waals surface area contributed by atoms with Crippen LogP contribution in [0.15, 0.2) is 9.93 Å². The molecule has 11 heteroatoms. The number of carbonyl (C=O) groups is 3. The van der Waals surface area contributed by atoms with Gasteiger partial charge in [-0.25, -0.2) is 4.79 Å². The number of hydrogen-bond donors (Lipinski definition) is 3. The Morgan fingerprint density at radius 2 is 2.14 bits per heavy atom. The van der Waals surface area contributed by atoms with Crippen molar-refractivity contribution in [3.63, 3.8) is 0 Å². The number of hydrogen-bond acceptors (Lipinski definition) is 10. The summed E-state index contributed by atoms with van der Waals surface area (Å²) in [7, 11) is 0. The van der Waals surface area contributed by atoms with E-state index >= 15 is 0 Å². The van der Waals surface area contributed by atoms with Crippen LogP contribution in [0.3, 0.4) is 0 Å². The Labute approximate surface area is 134 Å². The zero-order valence-corrected chi connectivity index (χ0v) is 13.1. The zero-order chi connectivity index (χ0) is 16.9. The Balaban J connectivity index is 2.72. The van der Waals surface area contributed by atoms with Crippen molar-refractivity contribution in [2.24, 2.45) is 11.7 Å². The van der Waals surface area contributed by atoms with Crippen molar-refractivity contribution < 1.29 is 34.4 Å². The molecule has 0 unspecified atom stereocenters. The van der Waals surface area contributed by atoms with E-state index in [1.54, 1.807) is 0 Å². The summed E-state index contributed by atoms with van der Waals surface area (Å²) < 4.78 is 4.78. The molecule has 1 aliphatic rings. The second-order valence-electron chi connectivity index (χ2n) is 4.23. The standard InChI is InChI=1S/C11H16N2O7S2/c1-4(14)5(8(15)16)7-13-6(9(17)18)10(22-7)21-3-2-20-11(12)19/h4-5,7,13-14H,2-3H2,1H3,(H2,12,19)(H,15,16)(H,17,18)/p-2/t4-,5-,7-/m1/s1. The first-order chi connectivity index (χ1) is 10.2. The van der Waals surface area contributed by atoms with Crippen LogP contribution in [0.5, 0.6) is 0 Å². The second kappa shape index (κ2) is 8.15. The number of aliphatic carboxylic acids is 2. The highest BCUT2D eigenvalue weighted by molar-refractivity contribution is 8.22. The molecule has 4 N–H and O–H groups in total. The lowest BCUT2D eigenvalue weighted by Crippen LogP contribution is -2.48. The van der Waals surface area contributed by atoms with Gasteiger partial charge in [0.25, 0.3) is 0 Å². The molecule has 9 nitrogen and oxygen atoms in total. The number of carboxylic acids is 2. The molecule has 1 heterocycles. The van der Waals surface area contributed by atoms with Crippen molar-refractivity contribution in [2.45, 2.75) is 18.4 Å². The molecule has 0 bridgehead atoms. The molecule has 0 aromatic heterocycles. The van der Waals surface area contributed by atoms with Crippen LogP contribution in [0.4, 0.5) is 4.79 Å². The normalized spacial score (nSPS) is 20.2. The minimum absolute atomic E-state index is 0.0324. The van der Waals surface area contributed by atoms with Gasteiger partial charge < -0.3 is 40.7 Å². The number of carboxylic acid groups (broad SMARTS) is 2. The lowest BCUT2D eigenvalue weighted by Gasteiger charge is -2.27. The highest BCUT2D eigenvalue weighted by Gasteiger charge is 2.34. The molecular formula is C11H14N2O7S2-2. The van der Waals surface area contributed by atoms with E-state index in [2.05, 4.69) is 10.1 Å². The van der Waals surface area contributed by atoms with Gasteiger partial charge in [0, 0.05) is 5.75 Å². The molecule has 1 aliphatic heterocycles. The molecule has 0 aliphatic carbocycles. The molecule has 1 amide bonds. The van der Waals surface area contributed by atoms with E-state index in [0.717, 1.165) is 23.5 Å². The summed E-state index contributed by atoms with van der Waals surface area (Å²) in [6.07, 6.45) is -2.18. The number of ether oxygens (including phenoxy) is 1. The van der Waals surface area contributed by atoms with Crippen LogP contribution in [-0.2, 0) is 14.3 Å². The van der Waals surface area contributed by atoms with Gasteiger partial charge in [-0.15, -0.1) is 11.8 Å². The predicted molar refractivity (Wildman–Crippen MR) is 74.7 cm³/mol. The Kier molecular flexibility index (Phi) is 6.84. The third-order valence-corrected chi connectivity index (χ3v) is 5.17. The van der Waals surface area contributed by atoms with E-state index in [0.29, 0.717) is 0 Å². The largest absolute Gasteiger partial charge is 0.550 e. The average Bonchev–Trinajstić information content (AvgIpc) is 2.77. The summed E-state index contributed by atoms with van der Waals surface area (Å²) in [6, 6.07) is 0. The van der Waals surface area contributed by atoms with E-state index in [4.69, 9.17) is 5.73 Å². The number of nitrogens with one attached hydrogen (secondary N) is 1. The molecule has 0 saturated heterocycles. The van der Waals surface area contributed by atoms with Crippen LogP contribution < -0.4 is 21.3 Å². The second-order valence-corrected chi connectivity index (χ2v) is 6.75. The molecule has 124 valence electrons. The number of aliphatic hydroxyl groups is 1. The Morgan fingerprint density at radius 3 is 2.59 bits per heavy atom. The van der Waals surface area contributed by atoms with Crippen molar-refractivity contribution in [3.8, 4) is 0 Å². The monoisotopic (exact) mass is 350 g/mol. The fourth-order valence-electron chi connectivity index (χ4n) is 1.67. The lowest BCUT2D eigenvalue weighted by atomic mass is 10.0. The van der Waals surface area contributed by atoms with Gasteiger partial charge in [-0.2, -0.15) is 0 Å². The number of carbonyl (C=O) groups excluding carboxylic acids is 3. The molecular weight excluding hydrogens is 336 g/mol. The number of nitrogens with two attached hydrogens (primary N) is 1. The fourth-order valence-corrected chi connectivity index (χ4v) is 4.29. The highest BCUT2D eigenvalue weighted by Crippen LogP contribution is 2.41. The van der Waals surface area contributed by atoms with Gasteiger partial charge in [-0.05, 0) is 6.92 Å². The number of aliphatic hydroxyl groups excluding tert-OH is 1. The first-order valence-corrected chi connectivity index (χ1v) is 7.93. The van der Waals surface area contributed by atoms with Gasteiger partial charge in [-0.1, -0.05) is 11.8 Å². The van der Waals surface area contributed by atoms with E-state index in [1.807, 2.05) is 0 Å². The molecule has 0 spiro atoms. The van der Waals surface area contributed by atoms with Crippen molar-refractivity contribution in [2.75, 3.05) is 12.4 Å². The van der Waals surface area contributed by atoms with Crippen molar-refractivity contribution in [3.05, 3.63) is 9.93 Å².